The summed E-state index contributed by atoms with van der Waals surface area (Å²) in [5, 5.41) is 3.72. The average molecular weight is 241 g/mol. The molecular weight excluding hydrogens is 224 g/mol. The summed E-state index contributed by atoms with van der Waals surface area (Å²) in [5.74, 6) is 1.58. The number of nitrogens with one attached hydrogen (secondary N) is 1. The predicted molar refractivity (Wildman–Crippen MR) is 65.7 cm³/mol. The van der Waals surface area contributed by atoms with Crippen molar-refractivity contribution >= 4 is 17.4 Å². The van der Waals surface area contributed by atoms with Crippen molar-refractivity contribution in [2.24, 2.45) is 5.92 Å². The molecule has 5 heteroatoms. The van der Waals surface area contributed by atoms with E-state index in [9.17, 15) is 0 Å². The van der Waals surface area contributed by atoms with Crippen LogP contribution in [0.4, 0.5) is 5.82 Å². The summed E-state index contributed by atoms with van der Waals surface area (Å²) in [6.45, 7) is 0.896. The number of rotatable bonds is 5. The molecule has 0 saturated heterocycles. The summed E-state index contributed by atoms with van der Waals surface area (Å²) in [4.78, 5) is 10.4. The molecule has 0 amide bonds. The van der Waals surface area contributed by atoms with Crippen molar-refractivity contribution in [3.63, 3.8) is 0 Å². The molecule has 1 aliphatic carbocycles. The van der Waals surface area contributed by atoms with Gasteiger partial charge in [-0.2, -0.15) is 0 Å². The van der Waals surface area contributed by atoms with Crippen molar-refractivity contribution in [1.82, 2.24) is 14.9 Å². The van der Waals surface area contributed by atoms with Crippen molar-refractivity contribution < 1.29 is 0 Å². The van der Waals surface area contributed by atoms with Crippen LogP contribution in [-0.2, 0) is 0 Å². The Balaban J connectivity index is 1.90. The first-order chi connectivity index (χ1) is 7.66. The largest absolute Gasteiger partial charge is 0.367 e. The van der Waals surface area contributed by atoms with Crippen LogP contribution in [0.15, 0.2) is 12.4 Å². The van der Waals surface area contributed by atoms with E-state index >= 15 is 0 Å². The Morgan fingerprint density at radius 3 is 2.81 bits per heavy atom. The highest BCUT2D eigenvalue weighted by atomic mass is 35.5. The highest BCUT2D eigenvalue weighted by Crippen LogP contribution is 2.34. The van der Waals surface area contributed by atoms with E-state index in [1.54, 1.807) is 6.20 Å². The topological polar surface area (TPSA) is 41.0 Å². The molecule has 0 bridgehead atoms. The average Bonchev–Trinajstić information content (AvgIpc) is 3.02. The summed E-state index contributed by atoms with van der Waals surface area (Å²) < 4.78 is 0. The monoisotopic (exact) mass is 240 g/mol. The lowest BCUT2D eigenvalue weighted by Gasteiger charge is -2.24. The van der Waals surface area contributed by atoms with Crippen LogP contribution >= 0.6 is 11.6 Å². The van der Waals surface area contributed by atoms with E-state index in [1.807, 2.05) is 0 Å². The van der Waals surface area contributed by atoms with Gasteiger partial charge in [-0.05, 0) is 32.9 Å². The van der Waals surface area contributed by atoms with Crippen molar-refractivity contribution in [2.75, 3.05) is 26.0 Å². The van der Waals surface area contributed by atoms with Gasteiger partial charge in [-0.25, -0.2) is 4.98 Å². The highest BCUT2D eigenvalue weighted by Gasteiger charge is 2.32. The molecule has 0 spiro atoms. The molecule has 1 aliphatic rings. The zero-order chi connectivity index (χ0) is 11.5. The molecule has 0 aromatic carbocycles. The molecule has 0 radical (unpaired) electrons. The van der Waals surface area contributed by atoms with E-state index in [1.165, 1.54) is 19.0 Å². The summed E-state index contributed by atoms with van der Waals surface area (Å²) >= 11 is 5.77. The molecule has 1 unspecified atom stereocenters. The van der Waals surface area contributed by atoms with E-state index in [4.69, 9.17) is 11.6 Å². The standard InChI is InChI=1S/C11H17ClN4/c1-16(2)9(8-3-4-8)5-14-11-7-13-6-10(12)15-11/h6-9H,3-5H2,1-2H3,(H,14,15). The molecule has 4 nitrogen and oxygen atoms in total. The predicted octanol–water partition coefficient (Wildman–Crippen LogP) is 1.88. The van der Waals surface area contributed by atoms with Crippen molar-refractivity contribution in [3.8, 4) is 0 Å². The third kappa shape index (κ3) is 3.06. The van der Waals surface area contributed by atoms with Crippen LogP contribution in [0.1, 0.15) is 12.8 Å². The first-order valence-electron chi connectivity index (χ1n) is 5.54. The number of anilines is 1. The van der Waals surface area contributed by atoms with Crippen LogP contribution in [0.2, 0.25) is 5.15 Å². The Morgan fingerprint density at radius 2 is 2.25 bits per heavy atom. The lowest BCUT2D eigenvalue weighted by molar-refractivity contribution is 0.276. The second-order valence-electron chi connectivity index (χ2n) is 4.48. The normalized spacial score (nSPS) is 17.5. The Hall–Kier alpha value is -0.870. The maximum absolute atomic E-state index is 5.77. The molecule has 88 valence electrons. The number of hydrogen-bond acceptors (Lipinski definition) is 4. The SMILES string of the molecule is CN(C)C(CNc1cncc(Cl)n1)C1CC1. The quantitative estimate of drug-likeness (QED) is 0.854. The molecule has 1 aromatic rings. The minimum Gasteiger partial charge on any atom is -0.367 e. The van der Waals surface area contributed by atoms with E-state index < -0.39 is 0 Å². The molecule has 1 aromatic heterocycles. The van der Waals surface area contributed by atoms with Crippen LogP contribution < -0.4 is 5.32 Å². The fourth-order valence-corrected chi connectivity index (χ4v) is 2.04. The zero-order valence-electron chi connectivity index (χ0n) is 9.65. The van der Waals surface area contributed by atoms with Crippen LogP contribution in [0.5, 0.6) is 0 Å². The van der Waals surface area contributed by atoms with E-state index in [0.717, 1.165) is 18.3 Å². The highest BCUT2D eigenvalue weighted by molar-refractivity contribution is 6.29. The van der Waals surface area contributed by atoms with Gasteiger partial charge in [-0.1, -0.05) is 11.6 Å². The Morgan fingerprint density at radius 1 is 1.50 bits per heavy atom. The van der Waals surface area contributed by atoms with Gasteiger partial charge in [0.25, 0.3) is 0 Å². The van der Waals surface area contributed by atoms with Crippen LogP contribution in [0.25, 0.3) is 0 Å². The summed E-state index contributed by atoms with van der Waals surface area (Å²) in [6, 6.07) is 0.570. The zero-order valence-corrected chi connectivity index (χ0v) is 10.4. The summed E-state index contributed by atoms with van der Waals surface area (Å²) in [7, 11) is 4.24. The molecule has 2 rings (SSSR count). The van der Waals surface area contributed by atoms with Gasteiger partial charge in [0.15, 0.2) is 0 Å². The maximum Gasteiger partial charge on any atom is 0.149 e. The van der Waals surface area contributed by atoms with Crippen molar-refractivity contribution in [1.29, 1.82) is 0 Å². The van der Waals surface area contributed by atoms with Gasteiger partial charge in [0.05, 0.1) is 12.4 Å². The lowest BCUT2D eigenvalue weighted by Crippen LogP contribution is -2.36. The van der Waals surface area contributed by atoms with Gasteiger partial charge in [0.1, 0.15) is 11.0 Å². The third-order valence-corrected chi connectivity index (χ3v) is 3.11. The van der Waals surface area contributed by atoms with Gasteiger partial charge in [-0.3, -0.25) is 4.98 Å². The van der Waals surface area contributed by atoms with Gasteiger partial charge in [0, 0.05) is 12.6 Å². The lowest BCUT2D eigenvalue weighted by atomic mass is 10.1. The number of aromatic nitrogens is 2. The van der Waals surface area contributed by atoms with Crippen LogP contribution in [0.3, 0.4) is 0 Å². The Kier molecular flexibility index (Phi) is 3.61. The smallest absolute Gasteiger partial charge is 0.149 e. The van der Waals surface area contributed by atoms with E-state index in [0.29, 0.717) is 11.2 Å². The van der Waals surface area contributed by atoms with Crippen LogP contribution in [0, 0.1) is 5.92 Å². The van der Waals surface area contributed by atoms with Crippen molar-refractivity contribution in [3.05, 3.63) is 17.5 Å². The molecule has 0 aliphatic heterocycles. The summed E-state index contributed by atoms with van der Waals surface area (Å²) in [5.41, 5.74) is 0. The molecule has 1 saturated carbocycles. The molecule has 16 heavy (non-hydrogen) atoms. The Labute approximate surface area is 101 Å². The Bertz CT molecular complexity index is 350. The fourth-order valence-electron chi connectivity index (χ4n) is 1.89. The minimum atomic E-state index is 0.429. The van der Waals surface area contributed by atoms with E-state index in [-0.39, 0.29) is 0 Å². The van der Waals surface area contributed by atoms with Gasteiger partial charge in [0.2, 0.25) is 0 Å². The molecule has 1 fully saturated rings. The first-order valence-corrected chi connectivity index (χ1v) is 5.92. The summed E-state index contributed by atoms with van der Waals surface area (Å²) in [6.07, 6.45) is 5.92. The molecule has 1 atom stereocenters. The number of hydrogen-bond donors (Lipinski definition) is 1. The number of halogens is 1. The molecular formula is C11H17ClN4. The molecule has 1 N–H and O–H groups in total. The van der Waals surface area contributed by atoms with Gasteiger partial charge >= 0.3 is 0 Å². The van der Waals surface area contributed by atoms with Gasteiger partial charge in [-0.15, -0.1) is 0 Å². The second kappa shape index (κ2) is 4.97. The van der Waals surface area contributed by atoms with Crippen LogP contribution in [-0.4, -0.2) is 41.5 Å². The van der Waals surface area contributed by atoms with Crippen molar-refractivity contribution in [2.45, 2.75) is 18.9 Å². The first kappa shape index (κ1) is 11.6. The van der Waals surface area contributed by atoms with Gasteiger partial charge < -0.3 is 10.2 Å². The van der Waals surface area contributed by atoms with E-state index in [2.05, 4.69) is 34.3 Å². The molecule has 1 heterocycles. The number of likely N-dealkylation sites (N-methyl/N-ethyl adjacent to an activating group) is 1. The second-order valence-corrected chi connectivity index (χ2v) is 4.86. The fraction of sp³-hybridized carbons (Fsp3) is 0.636. The minimum absolute atomic E-state index is 0.429. The third-order valence-electron chi connectivity index (χ3n) is 2.93. The maximum atomic E-state index is 5.77. The number of nitrogens with zero attached hydrogens (tertiary/aromatic N) is 3.